The van der Waals surface area contributed by atoms with E-state index in [2.05, 4.69) is 0 Å². The molecular formula is C5H7ClF3N. The van der Waals surface area contributed by atoms with Gasteiger partial charge in [0.2, 0.25) is 0 Å². The molecule has 0 aliphatic heterocycles. The van der Waals surface area contributed by atoms with Gasteiger partial charge in [-0.2, -0.15) is 0 Å². The van der Waals surface area contributed by atoms with E-state index in [9.17, 15) is 13.2 Å². The van der Waals surface area contributed by atoms with E-state index in [-0.39, 0.29) is 0 Å². The predicted molar refractivity (Wildman–Crippen MR) is 31.8 cm³/mol. The van der Waals surface area contributed by atoms with Crippen LogP contribution in [0.1, 0.15) is 13.3 Å². The van der Waals surface area contributed by atoms with E-state index < -0.39 is 23.0 Å². The molecule has 10 heavy (non-hydrogen) atoms. The predicted octanol–water partition coefficient (Wildman–Crippen LogP) is 1.65. The fraction of sp³-hybridized carbons (Fsp3) is 1.00. The molecule has 0 heterocycles. The molecule has 1 nitrogen and oxygen atoms in total. The Hall–Kier alpha value is 0.0400. The lowest BCUT2D eigenvalue weighted by molar-refractivity contribution is -0.212. The van der Waals surface area contributed by atoms with Crippen molar-refractivity contribution < 1.29 is 13.2 Å². The van der Waals surface area contributed by atoms with Crippen molar-refractivity contribution in [1.29, 1.82) is 0 Å². The van der Waals surface area contributed by atoms with E-state index >= 15 is 0 Å². The van der Waals surface area contributed by atoms with Crippen molar-refractivity contribution in [3.05, 3.63) is 0 Å². The standard InChI is InChI=1S/C5H7ClF3N/c1-3(10)2-4(7,8)5(3,6)9/h2,10H2,1H3/t3-,5-/m0/s1. The van der Waals surface area contributed by atoms with Gasteiger partial charge in [0.05, 0.1) is 5.54 Å². The van der Waals surface area contributed by atoms with Crippen LogP contribution >= 0.6 is 11.6 Å². The lowest BCUT2D eigenvalue weighted by atomic mass is 9.73. The van der Waals surface area contributed by atoms with E-state index in [0.717, 1.165) is 6.92 Å². The molecule has 1 aliphatic carbocycles. The Balaban J connectivity index is 2.85. The smallest absolute Gasteiger partial charge is 0.299 e. The van der Waals surface area contributed by atoms with Gasteiger partial charge in [0.25, 0.3) is 11.1 Å². The first-order valence-corrected chi connectivity index (χ1v) is 3.13. The quantitative estimate of drug-likeness (QED) is 0.554. The van der Waals surface area contributed by atoms with Gasteiger partial charge in [-0.25, -0.2) is 13.2 Å². The van der Waals surface area contributed by atoms with Crippen molar-refractivity contribution >= 4 is 11.6 Å². The maximum absolute atomic E-state index is 12.7. The molecule has 0 aromatic carbocycles. The first-order chi connectivity index (χ1) is 4.21. The van der Waals surface area contributed by atoms with Gasteiger partial charge >= 0.3 is 0 Å². The summed E-state index contributed by atoms with van der Waals surface area (Å²) < 4.78 is 37.1. The van der Waals surface area contributed by atoms with E-state index in [0.29, 0.717) is 0 Å². The molecule has 0 aromatic heterocycles. The van der Waals surface area contributed by atoms with Crippen LogP contribution in [0.2, 0.25) is 0 Å². The number of nitrogens with two attached hydrogens (primary N) is 1. The Labute approximate surface area is 61.3 Å². The summed E-state index contributed by atoms with van der Waals surface area (Å²) >= 11 is 4.85. The zero-order valence-electron chi connectivity index (χ0n) is 5.30. The molecule has 0 unspecified atom stereocenters. The van der Waals surface area contributed by atoms with Crippen LogP contribution in [0.25, 0.3) is 0 Å². The van der Waals surface area contributed by atoms with Crippen LogP contribution in [0, 0.1) is 0 Å². The number of alkyl halides is 4. The van der Waals surface area contributed by atoms with Crippen molar-refractivity contribution in [2.24, 2.45) is 5.73 Å². The molecule has 0 amide bonds. The molecule has 5 heteroatoms. The monoisotopic (exact) mass is 173 g/mol. The third-order valence-electron chi connectivity index (χ3n) is 1.77. The van der Waals surface area contributed by atoms with E-state index in [1.807, 2.05) is 0 Å². The van der Waals surface area contributed by atoms with Crippen LogP contribution in [0.3, 0.4) is 0 Å². The highest BCUT2D eigenvalue weighted by atomic mass is 35.5. The van der Waals surface area contributed by atoms with Gasteiger partial charge < -0.3 is 5.73 Å². The molecule has 0 spiro atoms. The van der Waals surface area contributed by atoms with Gasteiger partial charge in [0, 0.05) is 6.42 Å². The second-order valence-electron chi connectivity index (χ2n) is 2.87. The molecule has 1 fully saturated rings. The molecule has 1 saturated carbocycles. The summed E-state index contributed by atoms with van der Waals surface area (Å²) in [7, 11) is 0. The molecule has 1 aliphatic rings. The lowest BCUT2D eigenvalue weighted by Crippen LogP contribution is -2.73. The Kier molecular flexibility index (Phi) is 1.31. The van der Waals surface area contributed by atoms with Crippen molar-refractivity contribution in [1.82, 2.24) is 0 Å². The van der Waals surface area contributed by atoms with E-state index in [1.165, 1.54) is 0 Å². The molecular weight excluding hydrogens is 167 g/mol. The van der Waals surface area contributed by atoms with Crippen molar-refractivity contribution in [3.8, 4) is 0 Å². The number of hydrogen-bond acceptors (Lipinski definition) is 1. The largest absolute Gasteiger partial charge is 0.321 e. The van der Waals surface area contributed by atoms with E-state index in [4.69, 9.17) is 17.3 Å². The summed E-state index contributed by atoms with van der Waals surface area (Å²) in [5.41, 5.74) is 3.49. The third kappa shape index (κ3) is 0.689. The Morgan fingerprint density at radius 1 is 1.40 bits per heavy atom. The fourth-order valence-electron chi connectivity index (χ4n) is 0.994. The summed E-state index contributed by atoms with van der Waals surface area (Å²) in [6.07, 6.45) is -0.694. The second-order valence-corrected chi connectivity index (χ2v) is 3.39. The second kappa shape index (κ2) is 1.61. The maximum Gasteiger partial charge on any atom is 0.299 e. The molecule has 0 aromatic rings. The normalized spacial score (nSPS) is 52.2. The summed E-state index contributed by atoms with van der Waals surface area (Å²) in [6.45, 7) is 1.16. The minimum Gasteiger partial charge on any atom is -0.321 e. The maximum atomic E-state index is 12.7. The topological polar surface area (TPSA) is 26.0 Å². The average molecular weight is 174 g/mol. The molecule has 2 N–H and O–H groups in total. The van der Waals surface area contributed by atoms with Crippen LogP contribution in [0.5, 0.6) is 0 Å². The third-order valence-corrected chi connectivity index (χ3v) is 2.47. The van der Waals surface area contributed by atoms with Gasteiger partial charge in [-0.1, -0.05) is 11.6 Å². The summed E-state index contributed by atoms with van der Waals surface area (Å²) in [5.74, 6) is -3.47. The minimum absolute atomic E-state index is 0.694. The first kappa shape index (κ1) is 8.14. The minimum atomic E-state index is -3.47. The van der Waals surface area contributed by atoms with Crippen LogP contribution in [-0.4, -0.2) is 16.6 Å². The van der Waals surface area contributed by atoms with E-state index in [1.54, 1.807) is 0 Å². The molecule has 0 radical (unpaired) electrons. The van der Waals surface area contributed by atoms with Crippen LogP contribution in [-0.2, 0) is 0 Å². The van der Waals surface area contributed by atoms with Crippen molar-refractivity contribution in [2.75, 3.05) is 0 Å². The van der Waals surface area contributed by atoms with Crippen LogP contribution in [0.15, 0.2) is 0 Å². The summed E-state index contributed by atoms with van der Waals surface area (Å²) in [6, 6.07) is 0. The molecule has 2 atom stereocenters. The zero-order valence-corrected chi connectivity index (χ0v) is 6.05. The number of hydrogen-bond donors (Lipinski definition) is 1. The highest BCUT2D eigenvalue weighted by Crippen LogP contribution is 2.57. The van der Waals surface area contributed by atoms with Crippen molar-refractivity contribution in [3.63, 3.8) is 0 Å². The van der Waals surface area contributed by atoms with Gasteiger partial charge in [-0.3, -0.25) is 0 Å². The Morgan fingerprint density at radius 2 is 1.80 bits per heavy atom. The van der Waals surface area contributed by atoms with Gasteiger partial charge in [0.1, 0.15) is 0 Å². The number of halogens is 4. The van der Waals surface area contributed by atoms with Crippen LogP contribution in [0.4, 0.5) is 13.2 Å². The summed E-state index contributed by atoms with van der Waals surface area (Å²) in [5, 5.41) is -3.07. The molecule has 1 rings (SSSR count). The van der Waals surface area contributed by atoms with Gasteiger partial charge in [-0.05, 0) is 6.92 Å². The average Bonchev–Trinajstić information content (AvgIpc) is 1.61. The Bertz CT molecular complexity index is 150. The summed E-state index contributed by atoms with van der Waals surface area (Å²) in [4.78, 5) is 0. The number of rotatable bonds is 0. The fourth-order valence-corrected chi connectivity index (χ4v) is 1.13. The lowest BCUT2D eigenvalue weighted by Gasteiger charge is -2.51. The van der Waals surface area contributed by atoms with Crippen molar-refractivity contribution in [2.45, 2.75) is 29.9 Å². The van der Waals surface area contributed by atoms with Gasteiger partial charge in [0.15, 0.2) is 0 Å². The SMILES string of the molecule is C[C@]1(N)CC(F)(F)[C@]1(F)Cl. The highest BCUT2D eigenvalue weighted by Gasteiger charge is 2.74. The van der Waals surface area contributed by atoms with Crippen LogP contribution < -0.4 is 5.73 Å². The molecule has 60 valence electrons. The van der Waals surface area contributed by atoms with Gasteiger partial charge in [-0.15, -0.1) is 0 Å². The Morgan fingerprint density at radius 3 is 1.80 bits per heavy atom. The zero-order chi connectivity index (χ0) is 8.21. The molecule has 0 saturated heterocycles. The first-order valence-electron chi connectivity index (χ1n) is 2.75. The highest BCUT2D eigenvalue weighted by molar-refractivity contribution is 6.25. The molecule has 0 bridgehead atoms.